The Hall–Kier alpha value is -0.810. The summed E-state index contributed by atoms with van der Waals surface area (Å²) in [6.07, 6.45) is 1.98. The van der Waals surface area contributed by atoms with Crippen molar-refractivity contribution in [2.24, 2.45) is 5.73 Å². The molecule has 0 aromatic heterocycles. The van der Waals surface area contributed by atoms with Crippen molar-refractivity contribution in [1.29, 1.82) is 0 Å². The summed E-state index contributed by atoms with van der Waals surface area (Å²) in [5.74, 6) is -1.00. The number of thioether (sulfide) groups is 1. The molecule has 0 amide bonds. The maximum Gasteiger partial charge on any atom is 0.335 e. The molecule has 0 rings (SSSR count). The number of rotatable bonds is 5. The molecule has 0 radical (unpaired) electrons. The van der Waals surface area contributed by atoms with Crippen molar-refractivity contribution < 1.29 is 14.7 Å². The van der Waals surface area contributed by atoms with E-state index in [2.05, 4.69) is 6.58 Å². The van der Waals surface area contributed by atoms with Gasteiger partial charge in [-0.2, -0.15) is 11.8 Å². The number of nitrogens with two attached hydrogens (primary N) is 1. The summed E-state index contributed by atoms with van der Waals surface area (Å²) in [6.45, 7) is 3.45. The van der Waals surface area contributed by atoms with Crippen molar-refractivity contribution in [1.82, 2.24) is 0 Å². The molecule has 4 nitrogen and oxygen atoms in total. The molecule has 1 atom stereocenters. The van der Waals surface area contributed by atoms with Crippen LogP contribution in [0.5, 0.6) is 0 Å². The van der Waals surface area contributed by atoms with Crippen molar-refractivity contribution in [3.63, 3.8) is 0 Å². The highest BCUT2D eigenvalue weighted by molar-refractivity contribution is 7.98. The third kappa shape index (κ3) is 2.09. The van der Waals surface area contributed by atoms with Crippen molar-refractivity contribution in [2.45, 2.75) is 5.54 Å². The van der Waals surface area contributed by atoms with Crippen LogP contribution in [0.4, 0.5) is 0 Å². The van der Waals surface area contributed by atoms with E-state index in [4.69, 9.17) is 10.8 Å². The van der Waals surface area contributed by atoms with E-state index in [0.29, 0.717) is 5.75 Å². The van der Waals surface area contributed by atoms with Crippen LogP contribution >= 0.6 is 11.8 Å². The van der Waals surface area contributed by atoms with Crippen LogP contribution in [0.3, 0.4) is 0 Å². The first kappa shape index (κ1) is 11.2. The Bertz CT molecular complexity index is 217. The molecule has 0 saturated heterocycles. The zero-order valence-electron chi connectivity index (χ0n) is 6.74. The smallest absolute Gasteiger partial charge is 0.335 e. The van der Waals surface area contributed by atoms with Crippen LogP contribution in [0.25, 0.3) is 0 Å². The maximum atomic E-state index is 10.5. The average molecular weight is 189 g/mol. The minimum atomic E-state index is -1.93. The van der Waals surface area contributed by atoms with E-state index in [1.54, 1.807) is 6.26 Å². The lowest BCUT2D eigenvalue weighted by Gasteiger charge is -2.19. The van der Waals surface area contributed by atoms with Gasteiger partial charge in [0.2, 0.25) is 0 Å². The van der Waals surface area contributed by atoms with Crippen LogP contribution in [0.15, 0.2) is 12.2 Å². The fraction of sp³-hybridized carbons (Fsp3) is 0.429. The SMILES string of the molecule is C=C(CSC)[C@](N)(C=O)C(=O)O. The lowest BCUT2D eigenvalue weighted by atomic mass is 9.95. The molecular weight excluding hydrogens is 178 g/mol. The zero-order chi connectivity index (χ0) is 9.78. The molecule has 0 aliphatic rings. The summed E-state index contributed by atoms with van der Waals surface area (Å²) in [4.78, 5) is 21.0. The molecule has 0 bridgehead atoms. The third-order valence-corrected chi connectivity index (χ3v) is 2.08. The molecule has 0 spiro atoms. The molecule has 0 aliphatic carbocycles. The lowest BCUT2D eigenvalue weighted by Crippen LogP contribution is -2.51. The Balaban J connectivity index is 4.63. The number of carboxylic acids is 1. The molecule has 0 heterocycles. The van der Waals surface area contributed by atoms with Gasteiger partial charge in [-0.1, -0.05) is 6.58 Å². The van der Waals surface area contributed by atoms with Crippen molar-refractivity contribution >= 4 is 24.0 Å². The number of hydrogen-bond donors (Lipinski definition) is 2. The summed E-state index contributed by atoms with van der Waals surface area (Å²) in [5, 5.41) is 8.60. The Kier molecular flexibility index (Phi) is 3.99. The third-order valence-electron chi connectivity index (χ3n) is 1.44. The predicted octanol–water partition coefficient (Wildman–Crippen LogP) is -0.113. The van der Waals surface area contributed by atoms with Gasteiger partial charge >= 0.3 is 5.97 Å². The zero-order valence-corrected chi connectivity index (χ0v) is 7.56. The topological polar surface area (TPSA) is 80.4 Å². The summed E-state index contributed by atoms with van der Waals surface area (Å²) in [7, 11) is 0. The summed E-state index contributed by atoms with van der Waals surface area (Å²) >= 11 is 1.37. The summed E-state index contributed by atoms with van der Waals surface area (Å²) in [5.41, 5.74) is 3.57. The molecule has 0 unspecified atom stereocenters. The normalized spacial score (nSPS) is 14.8. The molecular formula is C7H11NO3S. The molecule has 0 aromatic carbocycles. The van der Waals surface area contributed by atoms with E-state index in [1.807, 2.05) is 0 Å². The van der Waals surface area contributed by atoms with Gasteiger partial charge in [0.25, 0.3) is 0 Å². The molecule has 0 aliphatic heterocycles. The Morgan fingerprint density at radius 1 is 1.83 bits per heavy atom. The van der Waals surface area contributed by atoms with Crippen molar-refractivity contribution in [3.8, 4) is 0 Å². The molecule has 0 fully saturated rings. The number of hydrogen-bond acceptors (Lipinski definition) is 4. The number of carbonyl (C=O) groups is 2. The molecule has 3 N–H and O–H groups in total. The van der Waals surface area contributed by atoms with Gasteiger partial charge in [0, 0.05) is 5.75 Å². The van der Waals surface area contributed by atoms with Crippen molar-refractivity contribution in [3.05, 3.63) is 12.2 Å². The number of carboxylic acid groups (broad SMARTS) is 1. The van der Waals surface area contributed by atoms with E-state index in [1.165, 1.54) is 11.8 Å². The lowest BCUT2D eigenvalue weighted by molar-refractivity contribution is -0.143. The second-order valence-corrected chi connectivity index (χ2v) is 3.19. The molecule has 5 heteroatoms. The van der Waals surface area contributed by atoms with Gasteiger partial charge in [-0.15, -0.1) is 0 Å². The standard InChI is InChI=1S/C7H11NO3S/c1-5(3-12-2)7(8,4-9)6(10)11/h4H,1,3,8H2,2H3,(H,10,11)/t7-/m1/s1. The van der Waals surface area contributed by atoms with Crippen LogP contribution in [0, 0.1) is 0 Å². The fourth-order valence-corrected chi connectivity index (χ4v) is 1.17. The first-order chi connectivity index (χ1) is 5.49. The first-order valence-corrected chi connectivity index (χ1v) is 4.54. The average Bonchev–Trinajstić information content (AvgIpc) is 2.03. The summed E-state index contributed by atoms with van der Waals surface area (Å²) in [6, 6.07) is 0. The number of carbonyl (C=O) groups excluding carboxylic acids is 1. The fourth-order valence-electron chi connectivity index (χ4n) is 0.579. The first-order valence-electron chi connectivity index (χ1n) is 3.14. The van der Waals surface area contributed by atoms with Gasteiger partial charge in [-0.3, -0.25) is 0 Å². The quantitative estimate of drug-likeness (QED) is 0.358. The minimum Gasteiger partial charge on any atom is -0.479 e. The predicted molar refractivity (Wildman–Crippen MR) is 48.1 cm³/mol. The van der Waals surface area contributed by atoms with E-state index < -0.39 is 11.5 Å². The molecule has 12 heavy (non-hydrogen) atoms. The van der Waals surface area contributed by atoms with E-state index in [-0.39, 0.29) is 11.9 Å². The number of aliphatic carboxylic acids is 1. The Morgan fingerprint density at radius 2 is 2.33 bits per heavy atom. The van der Waals surface area contributed by atoms with Crippen LogP contribution in [-0.2, 0) is 9.59 Å². The second-order valence-electron chi connectivity index (χ2n) is 2.33. The van der Waals surface area contributed by atoms with Gasteiger partial charge in [0.1, 0.15) is 0 Å². The van der Waals surface area contributed by atoms with Gasteiger partial charge in [0.05, 0.1) is 0 Å². The van der Waals surface area contributed by atoms with Crippen molar-refractivity contribution in [2.75, 3.05) is 12.0 Å². The van der Waals surface area contributed by atoms with E-state index >= 15 is 0 Å². The monoisotopic (exact) mass is 189 g/mol. The molecule has 0 aromatic rings. The number of aldehydes is 1. The van der Waals surface area contributed by atoms with Crippen LogP contribution < -0.4 is 5.73 Å². The van der Waals surface area contributed by atoms with Gasteiger partial charge < -0.3 is 15.6 Å². The Morgan fingerprint density at radius 3 is 2.58 bits per heavy atom. The molecule has 0 saturated carbocycles. The van der Waals surface area contributed by atoms with Crippen LogP contribution in [0.1, 0.15) is 0 Å². The largest absolute Gasteiger partial charge is 0.479 e. The van der Waals surface area contributed by atoms with Crippen LogP contribution in [-0.4, -0.2) is 34.9 Å². The van der Waals surface area contributed by atoms with E-state index in [0.717, 1.165) is 0 Å². The van der Waals surface area contributed by atoms with Gasteiger partial charge in [0.15, 0.2) is 11.8 Å². The van der Waals surface area contributed by atoms with Gasteiger partial charge in [-0.05, 0) is 11.8 Å². The Labute approximate surface area is 74.8 Å². The van der Waals surface area contributed by atoms with Gasteiger partial charge in [-0.25, -0.2) is 4.79 Å². The van der Waals surface area contributed by atoms with Crippen LogP contribution in [0.2, 0.25) is 0 Å². The highest BCUT2D eigenvalue weighted by Gasteiger charge is 2.36. The van der Waals surface area contributed by atoms with E-state index in [9.17, 15) is 9.59 Å². The second kappa shape index (κ2) is 4.27. The summed E-state index contributed by atoms with van der Waals surface area (Å²) < 4.78 is 0. The highest BCUT2D eigenvalue weighted by atomic mass is 32.2. The molecule has 68 valence electrons. The maximum absolute atomic E-state index is 10.5. The highest BCUT2D eigenvalue weighted by Crippen LogP contribution is 2.14. The minimum absolute atomic E-state index is 0.202.